The number of benzene rings is 1. The summed E-state index contributed by atoms with van der Waals surface area (Å²) in [6.07, 6.45) is 1.59. The van der Waals surface area contributed by atoms with Crippen LogP contribution in [0.5, 0.6) is 0 Å². The molecule has 94 valence electrons. The molecule has 0 bridgehead atoms. The number of rotatable bonds is 3. The predicted molar refractivity (Wildman–Crippen MR) is 68.0 cm³/mol. The number of carbonyl (C=O) groups is 1. The summed E-state index contributed by atoms with van der Waals surface area (Å²) in [5, 5.41) is 13.1. The van der Waals surface area contributed by atoms with Gasteiger partial charge >= 0.3 is 6.03 Å². The Morgan fingerprint density at radius 2 is 2.06 bits per heavy atom. The Morgan fingerprint density at radius 1 is 1.33 bits per heavy atom. The first-order valence-corrected chi connectivity index (χ1v) is 5.59. The molecule has 2 N–H and O–H groups in total. The average Bonchev–Trinajstić information content (AvgIpc) is 2.75. The Labute approximate surface area is 105 Å². The zero-order valence-corrected chi connectivity index (χ0v) is 10.3. The Balaban J connectivity index is 1.86. The first kappa shape index (κ1) is 12.1. The summed E-state index contributed by atoms with van der Waals surface area (Å²) in [5.74, 6) is 0.703. The van der Waals surface area contributed by atoms with E-state index in [1.807, 2.05) is 38.2 Å². The van der Waals surface area contributed by atoms with Gasteiger partial charge < -0.3 is 15.2 Å². The van der Waals surface area contributed by atoms with Crippen molar-refractivity contribution >= 4 is 11.7 Å². The van der Waals surface area contributed by atoms with Gasteiger partial charge in [0.1, 0.15) is 6.33 Å². The van der Waals surface area contributed by atoms with Crippen molar-refractivity contribution in [2.24, 2.45) is 7.05 Å². The molecule has 1 heterocycles. The molecule has 0 radical (unpaired) electrons. The van der Waals surface area contributed by atoms with Gasteiger partial charge in [0.05, 0.1) is 6.54 Å². The third-order valence-corrected chi connectivity index (χ3v) is 2.52. The Kier molecular flexibility index (Phi) is 3.57. The van der Waals surface area contributed by atoms with Crippen LogP contribution in [0.25, 0.3) is 0 Å². The molecule has 18 heavy (non-hydrogen) atoms. The maximum atomic E-state index is 11.6. The van der Waals surface area contributed by atoms with E-state index in [1.54, 1.807) is 10.9 Å². The maximum absolute atomic E-state index is 11.6. The first-order valence-electron chi connectivity index (χ1n) is 5.59. The van der Waals surface area contributed by atoms with Gasteiger partial charge in [-0.1, -0.05) is 17.7 Å². The van der Waals surface area contributed by atoms with Crippen LogP contribution in [0.3, 0.4) is 0 Å². The second kappa shape index (κ2) is 5.31. The molecule has 0 unspecified atom stereocenters. The lowest BCUT2D eigenvalue weighted by Gasteiger charge is -2.07. The highest BCUT2D eigenvalue weighted by molar-refractivity contribution is 5.89. The summed E-state index contributed by atoms with van der Waals surface area (Å²) in [7, 11) is 1.83. The van der Waals surface area contributed by atoms with Crippen LogP contribution in [0.1, 0.15) is 11.4 Å². The minimum Gasteiger partial charge on any atom is -0.331 e. The summed E-state index contributed by atoms with van der Waals surface area (Å²) in [6, 6.07) is 7.34. The molecule has 0 saturated heterocycles. The lowest BCUT2D eigenvalue weighted by Crippen LogP contribution is -2.29. The summed E-state index contributed by atoms with van der Waals surface area (Å²) < 4.78 is 1.76. The molecular weight excluding hydrogens is 230 g/mol. The van der Waals surface area contributed by atoms with Crippen molar-refractivity contribution in [3.63, 3.8) is 0 Å². The van der Waals surface area contributed by atoms with E-state index >= 15 is 0 Å². The molecule has 0 spiro atoms. The highest BCUT2D eigenvalue weighted by atomic mass is 16.2. The van der Waals surface area contributed by atoms with E-state index in [1.165, 1.54) is 0 Å². The van der Waals surface area contributed by atoms with Gasteiger partial charge in [0.25, 0.3) is 0 Å². The molecule has 0 atom stereocenters. The van der Waals surface area contributed by atoms with Gasteiger partial charge in [-0.25, -0.2) is 4.79 Å². The van der Waals surface area contributed by atoms with Gasteiger partial charge in [0.2, 0.25) is 0 Å². The van der Waals surface area contributed by atoms with Crippen LogP contribution in [0.2, 0.25) is 0 Å². The third-order valence-electron chi connectivity index (χ3n) is 2.52. The highest BCUT2D eigenvalue weighted by Crippen LogP contribution is 2.08. The molecule has 0 aliphatic rings. The molecule has 6 nitrogen and oxygen atoms in total. The SMILES string of the molecule is Cc1ccc(NC(=O)NCc2nncn2C)cc1. The van der Waals surface area contributed by atoms with Crippen molar-refractivity contribution < 1.29 is 4.79 Å². The molecule has 0 aliphatic carbocycles. The molecule has 2 amide bonds. The molecule has 2 rings (SSSR count). The standard InChI is InChI=1S/C12H15N5O/c1-9-3-5-10(6-4-9)15-12(18)13-7-11-16-14-8-17(11)2/h3-6,8H,7H2,1-2H3,(H2,13,15,18). The van der Waals surface area contributed by atoms with Crippen LogP contribution in [0, 0.1) is 6.92 Å². The molecule has 0 saturated carbocycles. The number of carbonyl (C=O) groups excluding carboxylic acids is 1. The number of anilines is 1. The fourth-order valence-electron chi connectivity index (χ4n) is 1.44. The summed E-state index contributed by atoms with van der Waals surface area (Å²) in [4.78, 5) is 11.6. The van der Waals surface area contributed by atoms with Gasteiger partial charge in [-0.15, -0.1) is 10.2 Å². The predicted octanol–water partition coefficient (Wildman–Crippen LogP) is 1.45. The van der Waals surface area contributed by atoms with E-state index in [-0.39, 0.29) is 6.03 Å². The molecule has 1 aromatic carbocycles. The lowest BCUT2D eigenvalue weighted by molar-refractivity contribution is 0.251. The van der Waals surface area contributed by atoms with Gasteiger partial charge in [-0.05, 0) is 19.1 Å². The lowest BCUT2D eigenvalue weighted by atomic mass is 10.2. The Hall–Kier alpha value is -2.37. The van der Waals surface area contributed by atoms with Crippen LogP contribution >= 0.6 is 0 Å². The number of aryl methyl sites for hydroxylation is 2. The van der Waals surface area contributed by atoms with Gasteiger partial charge in [-0.3, -0.25) is 0 Å². The van der Waals surface area contributed by atoms with Crippen LogP contribution < -0.4 is 10.6 Å². The van der Waals surface area contributed by atoms with E-state index in [0.717, 1.165) is 11.3 Å². The van der Waals surface area contributed by atoms with Crippen molar-refractivity contribution in [3.05, 3.63) is 42.0 Å². The fraction of sp³-hybridized carbons (Fsp3) is 0.250. The van der Waals surface area contributed by atoms with Crippen molar-refractivity contribution in [2.45, 2.75) is 13.5 Å². The van der Waals surface area contributed by atoms with E-state index in [2.05, 4.69) is 20.8 Å². The molecule has 0 fully saturated rings. The molecule has 0 aliphatic heterocycles. The maximum Gasteiger partial charge on any atom is 0.319 e. The minimum absolute atomic E-state index is 0.262. The number of urea groups is 1. The molecule has 1 aromatic heterocycles. The van der Waals surface area contributed by atoms with Crippen molar-refractivity contribution in [1.29, 1.82) is 0 Å². The smallest absolute Gasteiger partial charge is 0.319 e. The zero-order chi connectivity index (χ0) is 13.0. The Bertz CT molecular complexity index is 532. The van der Waals surface area contributed by atoms with Gasteiger partial charge in [-0.2, -0.15) is 0 Å². The number of hydrogen-bond donors (Lipinski definition) is 2. The second-order valence-corrected chi connectivity index (χ2v) is 4.03. The van der Waals surface area contributed by atoms with Crippen molar-refractivity contribution in [3.8, 4) is 0 Å². The van der Waals surface area contributed by atoms with Crippen LogP contribution in [-0.4, -0.2) is 20.8 Å². The monoisotopic (exact) mass is 245 g/mol. The number of nitrogens with zero attached hydrogens (tertiary/aromatic N) is 3. The van der Waals surface area contributed by atoms with Gasteiger partial charge in [0.15, 0.2) is 5.82 Å². The van der Waals surface area contributed by atoms with Crippen molar-refractivity contribution in [1.82, 2.24) is 20.1 Å². The fourth-order valence-corrected chi connectivity index (χ4v) is 1.44. The largest absolute Gasteiger partial charge is 0.331 e. The topological polar surface area (TPSA) is 71.8 Å². The third kappa shape index (κ3) is 3.07. The normalized spacial score (nSPS) is 10.1. The number of amides is 2. The molecule has 6 heteroatoms. The minimum atomic E-state index is -0.262. The van der Waals surface area contributed by atoms with Gasteiger partial charge in [0, 0.05) is 12.7 Å². The van der Waals surface area contributed by atoms with Crippen LogP contribution in [0.4, 0.5) is 10.5 Å². The number of nitrogens with one attached hydrogen (secondary N) is 2. The highest BCUT2D eigenvalue weighted by Gasteiger charge is 2.04. The van der Waals surface area contributed by atoms with E-state index in [0.29, 0.717) is 12.4 Å². The van der Waals surface area contributed by atoms with E-state index in [4.69, 9.17) is 0 Å². The summed E-state index contributed by atoms with van der Waals surface area (Å²) in [6.45, 7) is 2.34. The van der Waals surface area contributed by atoms with Crippen LogP contribution in [0.15, 0.2) is 30.6 Å². The Morgan fingerprint density at radius 3 is 2.67 bits per heavy atom. The number of aromatic nitrogens is 3. The summed E-state index contributed by atoms with van der Waals surface area (Å²) in [5.41, 5.74) is 1.91. The number of hydrogen-bond acceptors (Lipinski definition) is 3. The zero-order valence-electron chi connectivity index (χ0n) is 10.3. The molecule has 2 aromatic rings. The van der Waals surface area contributed by atoms with Crippen LogP contribution in [-0.2, 0) is 13.6 Å². The molecular formula is C12H15N5O. The average molecular weight is 245 g/mol. The second-order valence-electron chi connectivity index (χ2n) is 4.03. The van der Waals surface area contributed by atoms with Crippen molar-refractivity contribution in [2.75, 3.05) is 5.32 Å². The quantitative estimate of drug-likeness (QED) is 0.859. The van der Waals surface area contributed by atoms with E-state index in [9.17, 15) is 4.79 Å². The van der Waals surface area contributed by atoms with E-state index < -0.39 is 0 Å². The summed E-state index contributed by atoms with van der Waals surface area (Å²) >= 11 is 0. The first-order chi connectivity index (χ1) is 8.65.